The second-order valence-corrected chi connectivity index (χ2v) is 6.53. The summed E-state index contributed by atoms with van der Waals surface area (Å²) in [4.78, 5) is 10.4. The van der Waals surface area contributed by atoms with E-state index in [4.69, 9.17) is 21.8 Å². The van der Waals surface area contributed by atoms with E-state index in [0.29, 0.717) is 6.07 Å². The van der Waals surface area contributed by atoms with Crippen LogP contribution in [-0.2, 0) is 10.0 Å². The SMILES string of the molecule is CC(CO)N(C)S(=O)(=O)c1cc(Cl)c(F)c(C(=O)O)c1. The number of likely N-dealkylation sites (N-methyl/N-ethyl adjacent to an activating group) is 1. The maximum Gasteiger partial charge on any atom is 0.338 e. The number of benzene rings is 1. The van der Waals surface area contributed by atoms with Gasteiger partial charge in [0.1, 0.15) is 0 Å². The van der Waals surface area contributed by atoms with Crippen molar-refractivity contribution < 1.29 is 27.8 Å². The first-order valence-electron chi connectivity index (χ1n) is 5.44. The summed E-state index contributed by atoms with van der Waals surface area (Å²) in [5, 5.41) is 17.2. The average molecular weight is 326 g/mol. The predicted octanol–water partition coefficient (Wildman–Crippen LogP) is 1.18. The Hall–Kier alpha value is -1.22. The quantitative estimate of drug-likeness (QED) is 0.847. The third kappa shape index (κ3) is 3.09. The van der Waals surface area contributed by atoms with Crippen molar-refractivity contribution in [1.29, 1.82) is 0 Å². The minimum Gasteiger partial charge on any atom is -0.478 e. The fourth-order valence-corrected chi connectivity index (χ4v) is 3.08. The molecule has 0 aliphatic carbocycles. The van der Waals surface area contributed by atoms with Gasteiger partial charge in [-0.2, -0.15) is 4.31 Å². The lowest BCUT2D eigenvalue weighted by molar-refractivity contribution is 0.0691. The largest absolute Gasteiger partial charge is 0.478 e. The average Bonchev–Trinajstić information content (AvgIpc) is 2.39. The molecule has 0 aliphatic heterocycles. The van der Waals surface area contributed by atoms with E-state index in [0.717, 1.165) is 10.4 Å². The molecule has 0 saturated carbocycles. The van der Waals surface area contributed by atoms with Crippen LogP contribution in [0, 0.1) is 5.82 Å². The molecule has 0 bridgehead atoms. The van der Waals surface area contributed by atoms with Crippen molar-refractivity contribution in [3.8, 4) is 0 Å². The highest BCUT2D eigenvalue weighted by Crippen LogP contribution is 2.26. The number of hydrogen-bond acceptors (Lipinski definition) is 4. The Bertz CT molecular complexity index is 634. The Morgan fingerprint density at radius 3 is 2.50 bits per heavy atom. The Labute approximate surface area is 120 Å². The molecular weight excluding hydrogens is 313 g/mol. The van der Waals surface area contributed by atoms with E-state index < -0.39 is 49.9 Å². The van der Waals surface area contributed by atoms with Crippen molar-refractivity contribution in [1.82, 2.24) is 4.31 Å². The summed E-state index contributed by atoms with van der Waals surface area (Å²) >= 11 is 5.52. The molecular formula is C11H13ClFNO5S. The van der Waals surface area contributed by atoms with Gasteiger partial charge in [-0.15, -0.1) is 0 Å². The number of aromatic carboxylic acids is 1. The zero-order valence-electron chi connectivity index (χ0n) is 10.7. The van der Waals surface area contributed by atoms with Crippen LogP contribution in [0.2, 0.25) is 5.02 Å². The molecule has 112 valence electrons. The van der Waals surface area contributed by atoms with Gasteiger partial charge in [0.25, 0.3) is 0 Å². The topological polar surface area (TPSA) is 94.9 Å². The van der Waals surface area contributed by atoms with Crippen LogP contribution in [0.1, 0.15) is 17.3 Å². The molecule has 1 unspecified atom stereocenters. The van der Waals surface area contributed by atoms with Crippen molar-refractivity contribution in [3.63, 3.8) is 0 Å². The summed E-state index contributed by atoms with van der Waals surface area (Å²) in [6, 6.07) is 0.802. The lowest BCUT2D eigenvalue weighted by atomic mass is 10.2. The summed E-state index contributed by atoms with van der Waals surface area (Å²) in [7, 11) is -2.87. The van der Waals surface area contributed by atoms with Crippen molar-refractivity contribution in [2.75, 3.05) is 13.7 Å². The van der Waals surface area contributed by atoms with Crippen LogP contribution in [-0.4, -0.2) is 48.6 Å². The molecule has 0 spiro atoms. The molecule has 20 heavy (non-hydrogen) atoms. The highest BCUT2D eigenvalue weighted by molar-refractivity contribution is 7.89. The van der Waals surface area contributed by atoms with Gasteiger partial charge in [-0.05, 0) is 19.1 Å². The van der Waals surface area contributed by atoms with Crippen LogP contribution in [0.4, 0.5) is 4.39 Å². The molecule has 2 N–H and O–H groups in total. The number of sulfonamides is 1. The van der Waals surface area contributed by atoms with E-state index in [9.17, 15) is 17.6 Å². The number of aliphatic hydroxyl groups excluding tert-OH is 1. The molecule has 0 aliphatic rings. The monoisotopic (exact) mass is 325 g/mol. The molecule has 0 aromatic heterocycles. The van der Waals surface area contributed by atoms with E-state index in [1.165, 1.54) is 14.0 Å². The van der Waals surface area contributed by atoms with Gasteiger partial charge in [-0.25, -0.2) is 17.6 Å². The first kappa shape index (κ1) is 16.8. The molecule has 0 amide bonds. The molecule has 1 atom stereocenters. The van der Waals surface area contributed by atoms with Crippen LogP contribution in [0.15, 0.2) is 17.0 Å². The Kier molecular flexibility index (Phi) is 5.09. The van der Waals surface area contributed by atoms with Gasteiger partial charge < -0.3 is 10.2 Å². The first-order chi connectivity index (χ1) is 9.12. The van der Waals surface area contributed by atoms with Gasteiger partial charge in [0.05, 0.1) is 22.1 Å². The summed E-state index contributed by atoms with van der Waals surface area (Å²) in [5.41, 5.74) is -0.832. The van der Waals surface area contributed by atoms with Crippen molar-refractivity contribution >= 4 is 27.6 Å². The smallest absolute Gasteiger partial charge is 0.338 e. The van der Waals surface area contributed by atoms with Crippen LogP contribution in [0.5, 0.6) is 0 Å². The minimum absolute atomic E-state index is 0.420. The van der Waals surface area contributed by atoms with Gasteiger partial charge in [0.2, 0.25) is 10.0 Å². The predicted molar refractivity (Wildman–Crippen MR) is 69.9 cm³/mol. The molecule has 0 heterocycles. The zero-order valence-corrected chi connectivity index (χ0v) is 12.2. The fraction of sp³-hybridized carbons (Fsp3) is 0.364. The Morgan fingerprint density at radius 1 is 1.50 bits per heavy atom. The van der Waals surface area contributed by atoms with E-state index >= 15 is 0 Å². The normalized spacial score (nSPS) is 13.5. The van der Waals surface area contributed by atoms with E-state index in [2.05, 4.69) is 0 Å². The number of halogens is 2. The fourth-order valence-electron chi connectivity index (χ4n) is 1.39. The third-order valence-corrected chi connectivity index (χ3v) is 5.02. The molecule has 0 saturated heterocycles. The third-order valence-electron chi connectivity index (χ3n) is 2.79. The number of hydrogen-bond donors (Lipinski definition) is 2. The van der Waals surface area contributed by atoms with E-state index in [1.54, 1.807) is 0 Å². The Balaban J connectivity index is 3.44. The highest BCUT2D eigenvalue weighted by atomic mass is 35.5. The highest BCUT2D eigenvalue weighted by Gasteiger charge is 2.28. The number of nitrogens with zero attached hydrogens (tertiary/aromatic N) is 1. The number of carbonyl (C=O) groups is 1. The molecule has 1 aromatic carbocycles. The maximum absolute atomic E-state index is 13.5. The summed E-state index contributed by atoms with van der Waals surface area (Å²) < 4.78 is 38.8. The van der Waals surface area contributed by atoms with E-state index in [1.807, 2.05) is 0 Å². The molecule has 1 rings (SSSR count). The van der Waals surface area contributed by atoms with Crippen LogP contribution >= 0.6 is 11.6 Å². The van der Waals surface area contributed by atoms with E-state index in [-0.39, 0.29) is 0 Å². The van der Waals surface area contributed by atoms with Crippen LogP contribution < -0.4 is 0 Å². The zero-order chi connectivity index (χ0) is 15.7. The summed E-state index contributed by atoms with van der Waals surface area (Å²) in [5.74, 6) is -2.82. The second-order valence-electron chi connectivity index (χ2n) is 4.12. The standard InChI is InChI=1S/C11H13ClFNO5S/c1-6(5-15)14(2)20(18,19)7-3-8(11(16)17)10(13)9(12)4-7/h3-4,6,15H,5H2,1-2H3,(H,16,17). The van der Waals surface area contributed by atoms with Gasteiger partial charge in [0, 0.05) is 13.1 Å². The second kappa shape index (κ2) is 6.04. The van der Waals surface area contributed by atoms with Gasteiger partial charge >= 0.3 is 5.97 Å². The molecule has 0 radical (unpaired) electrons. The van der Waals surface area contributed by atoms with Crippen molar-refractivity contribution in [2.45, 2.75) is 17.9 Å². The van der Waals surface area contributed by atoms with Crippen molar-refractivity contribution in [2.24, 2.45) is 0 Å². The Morgan fingerprint density at radius 2 is 2.05 bits per heavy atom. The number of carboxylic acid groups (broad SMARTS) is 1. The van der Waals surface area contributed by atoms with Gasteiger partial charge in [-0.1, -0.05) is 11.6 Å². The summed E-state index contributed by atoms with van der Waals surface area (Å²) in [6.07, 6.45) is 0. The van der Waals surface area contributed by atoms with Gasteiger partial charge in [0.15, 0.2) is 5.82 Å². The summed E-state index contributed by atoms with van der Waals surface area (Å²) in [6.45, 7) is 1.04. The van der Waals surface area contributed by atoms with Crippen molar-refractivity contribution in [3.05, 3.63) is 28.5 Å². The molecule has 1 aromatic rings. The van der Waals surface area contributed by atoms with Crippen LogP contribution in [0.3, 0.4) is 0 Å². The van der Waals surface area contributed by atoms with Crippen LogP contribution in [0.25, 0.3) is 0 Å². The first-order valence-corrected chi connectivity index (χ1v) is 7.26. The molecule has 0 fully saturated rings. The van der Waals surface area contributed by atoms with Gasteiger partial charge in [-0.3, -0.25) is 0 Å². The molecule has 6 nitrogen and oxygen atoms in total. The number of aliphatic hydroxyl groups is 1. The molecule has 9 heteroatoms. The minimum atomic E-state index is -4.09. The lowest BCUT2D eigenvalue weighted by Gasteiger charge is -2.22. The maximum atomic E-state index is 13.5. The lowest BCUT2D eigenvalue weighted by Crippen LogP contribution is -2.37. The number of carboxylic acids is 1. The number of rotatable bonds is 5.